The molecule has 0 unspecified atom stereocenters. The summed E-state index contributed by atoms with van der Waals surface area (Å²) in [6.07, 6.45) is 2.79. The van der Waals surface area contributed by atoms with E-state index in [4.69, 9.17) is 4.74 Å². The molecule has 0 spiro atoms. The van der Waals surface area contributed by atoms with Gasteiger partial charge in [-0.15, -0.1) is 0 Å². The average Bonchev–Trinajstić information content (AvgIpc) is 3.20. The number of carbonyl (C=O) groups excluding carboxylic acids is 2. The molecule has 1 aliphatic heterocycles. The van der Waals surface area contributed by atoms with Crippen molar-refractivity contribution in [1.82, 2.24) is 15.2 Å². The first-order chi connectivity index (χ1) is 11.1. The van der Waals surface area contributed by atoms with Gasteiger partial charge in [-0.05, 0) is 25.0 Å². The smallest absolute Gasteiger partial charge is 0.253 e. The van der Waals surface area contributed by atoms with Gasteiger partial charge in [0.05, 0.1) is 17.2 Å². The molecule has 1 aromatic heterocycles. The lowest BCUT2D eigenvalue weighted by atomic mass is 10.1. The Kier molecular flexibility index (Phi) is 4.34. The minimum Gasteiger partial charge on any atom is -0.363 e. The van der Waals surface area contributed by atoms with E-state index in [9.17, 15) is 9.59 Å². The molecule has 0 saturated carbocycles. The fourth-order valence-corrected chi connectivity index (χ4v) is 2.90. The highest BCUT2D eigenvalue weighted by atomic mass is 16.5. The van der Waals surface area contributed by atoms with Crippen molar-refractivity contribution >= 4 is 22.7 Å². The molecule has 1 aliphatic rings. The number of carbonyl (C=O) groups is 2. The van der Waals surface area contributed by atoms with Gasteiger partial charge in [0.1, 0.15) is 6.10 Å². The van der Waals surface area contributed by atoms with E-state index in [1.165, 1.54) is 4.90 Å². The predicted molar refractivity (Wildman–Crippen MR) is 87.2 cm³/mol. The molecule has 0 aliphatic carbocycles. The SMILES string of the molecule is CN(C)C(=O)[C@H]1CC[C@H](CNC(=O)c2cccc3cc[nH]c23)O1. The first-order valence-electron chi connectivity index (χ1n) is 7.77. The van der Waals surface area contributed by atoms with Crippen LogP contribution in [0.2, 0.25) is 0 Å². The lowest BCUT2D eigenvalue weighted by Crippen LogP contribution is -2.36. The number of H-pyrrole nitrogens is 1. The Balaban J connectivity index is 1.58. The highest BCUT2D eigenvalue weighted by Crippen LogP contribution is 2.21. The number of fused-ring (bicyclic) bond motifs is 1. The van der Waals surface area contributed by atoms with Gasteiger partial charge in [-0.25, -0.2) is 0 Å². The van der Waals surface area contributed by atoms with Gasteiger partial charge in [0.2, 0.25) is 0 Å². The van der Waals surface area contributed by atoms with Crippen LogP contribution in [0.15, 0.2) is 30.5 Å². The van der Waals surface area contributed by atoms with Crippen LogP contribution in [-0.4, -0.2) is 54.5 Å². The van der Waals surface area contributed by atoms with Crippen LogP contribution < -0.4 is 5.32 Å². The molecule has 1 saturated heterocycles. The van der Waals surface area contributed by atoms with E-state index < -0.39 is 6.10 Å². The minimum absolute atomic E-state index is 0.0185. The number of rotatable bonds is 4. The Morgan fingerprint density at radius 3 is 2.91 bits per heavy atom. The third-order valence-electron chi connectivity index (χ3n) is 4.15. The van der Waals surface area contributed by atoms with Crippen molar-refractivity contribution in [3.05, 3.63) is 36.0 Å². The molecular formula is C17H21N3O3. The van der Waals surface area contributed by atoms with Crippen LogP contribution in [-0.2, 0) is 9.53 Å². The maximum absolute atomic E-state index is 12.4. The maximum atomic E-state index is 12.4. The van der Waals surface area contributed by atoms with Crippen LogP contribution >= 0.6 is 0 Å². The van der Waals surface area contributed by atoms with Gasteiger partial charge in [-0.3, -0.25) is 9.59 Å². The minimum atomic E-state index is -0.390. The molecule has 0 bridgehead atoms. The fraction of sp³-hybridized carbons (Fsp3) is 0.412. The van der Waals surface area contributed by atoms with E-state index in [-0.39, 0.29) is 17.9 Å². The van der Waals surface area contributed by atoms with Gasteiger partial charge in [0.25, 0.3) is 11.8 Å². The molecule has 6 heteroatoms. The number of ether oxygens (including phenoxy) is 1. The van der Waals surface area contributed by atoms with E-state index in [1.807, 2.05) is 24.4 Å². The summed E-state index contributed by atoms with van der Waals surface area (Å²) in [6, 6.07) is 7.55. The second-order valence-electron chi connectivity index (χ2n) is 6.01. The standard InChI is InChI=1S/C17H21N3O3/c1-20(2)17(22)14-7-6-12(23-14)10-19-16(21)13-5-3-4-11-8-9-18-15(11)13/h3-5,8-9,12,14,18H,6-7,10H2,1-2H3,(H,19,21)/t12-,14-/m1/s1. The van der Waals surface area contributed by atoms with Gasteiger partial charge < -0.3 is 19.9 Å². The van der Waals surface area contributed by atoms with Crippen molar-refractivity contribution in [2.45, 2.75) is 25.0 Å². The summed E-state index contributed by atoms with van der Waals surface area (Å²) in [5, 5.41) is 3.91. The lowest BCUT2D eigenvalue weighted by molar-refractivity contribution is -0.140. The zero-order valence-electron chi connectivity index (χ0n) is 13.3. The van der Waals surface area contributed by atoms with Crippen molar-refractivity contribution in [3.63, 3.8) is 0 Å². The lowest BCUT2D eigenvalue weighted by Gasteiger charge is -2.17. The fourth-order valence-electron chi connectivity index (χ4n) is 2.90. The van der Waals surface area contributed by atoms with Crippen LogP contribution in [0.3, 0.4) is 0 Å². The van der Waals surface area contributed by atoms with Crippen molar-refractivity contribution in [3.8, 4) is 0 Å². The van der Waals surface area contributed by atoms with Crippen molar-refractivity contribution < 1.29 is 14.3 Å². The molecule has 1 aromatic carbocycles. The number of likely N-dealkylation sites (N-methyl/N-ethyl adjacent to an activating group) is 1. The van der Waals surface area contributed by atoms with Gasteiger partial charge in [0, 0.05) is 32.2 Å². The first-order valence-corrected chi connectivity index (χ1v) is 7.77. The topological polar surface area (TPSA) is 74.4 Å². The molecule has 0 radical (unpaired) electrons. The van der Waals surface area contributed by atoms with Crippen LogP contribution in [0.1, 0.15) is 23.2 Å². The normalized spacial score (nSPS) is 20.6. The monoisotopic (exact) mass is 315 g/mol. The molecule has 2 atom stereocenters. The summed E-state index contributed by atoms with van der Waals surface area (Å²) in [6.45, 7) is 0.410. The number of aromatic nitrogens is 1. The number of para-hydroxylation sites is 1. The van der Waals surface area contributed by atoms with Crippen LogP contribution in [0, 0.1) is 0 Å². The van der Waals surface area contributed by atoms with Gasteiger partial charge in [-0.1, -0.05) is 12.1 Å². The molecule has 23 heavy (non-hydrogen) atoms. The molecule has 3 rings (SSSR count). The van der Waals surface area contributed by atoms with Crippen molar-refractivity contribution in [2.24, 2.45) is 0 Å². The van der Waals surface area contributed by atoms with Crippen molar-refractivity contribution in [1.29, 1.82) is 0 Å². The Morgan fingerprint density at radius 1 is 1.30 bits per heavy atom. The van der Waals surface area contributed by atoms with Gasteiger partial charge in [-0.2, -0.15) is 0 Å². The Labute approximate surface area is 134 Å². The Bertz CT molecular complexity index is 723. The molecule has 2 amide bonds. The third kappa shape index (κ3) is 3.22. The Morgan fingerprint density at radius 2 is 2.13 bits per heavy atom. The molecule has 2 aromatic rings. The zero-order chi connectivity index (χ0) is 16.4. The first kappa shape index (κ1) is 15.6. The number of nitrogens with one attached hydrogen (secondary N) is 2. The van der Waals surface area contributed by atoms with Crippen molar-refractivity contribution in [2.75, 3.05) is 20.6 Å². The molecule has 1 fully saturated rings. The molecule has 122 valence electrons. The van der Waals surface area contributed by atoms with Gasteiger partial charge in [0.15, 0.2) is 0 Å². The number of hydrogen-bond donors (Lipinski definition) is 2. The number of benzene rings is 1. The third-order valence-corrected chi connectivity index (χ3v) is 4.15. The van der Waals surface area contributed by atoms with Gasteiger partial charge >= 0.3 is 0 Å². The van der Waals surface area contributed by atoms with Crippen LogP contribution in [0.5, 0.6) is 0 Å². The Hall–Kier alpha value is -2.34. The second kappa shape index (κ2) is 6.42. The van der Waals surface area contributed by atoms with Crippen LogP contribution in [0.4, 0.5) is 0 Å². The highest BCUT2D eigenvalue weighted by molar-refractivity contribution is 6.05. The summed E-state index contributed by atoms with van der Waals surface area (Å²) in [4.78, 5) is 28.9. The number of amides is 2. The summed E-state index contributed by atoms with van der Waals surface area (Å²) in [5.74, 6) is -0.154. The van der Waals surface area contributed by atoms with E-state index in [1.54, 1.807) is 20.2 Å². The average molecular weight is 315 g/mol. The molecular weight excluding hydrogens is 294 g/mol. The highest BCUT2D eigenvalue weighted by Gasteiger charge is 2.31. The largest absolute Gasteiger partial charge is 0.363 e. The van der Waals surface area contributed by atoms with Crippen LogP contribution in [0.25, 0.3) is 10.9 Å². The van der Waals surface area contributed by atoms with E-state index in [0.29, 0.717) is 18.5 Å². The quantitative estimate of drug-likeness (QED) is 0.898. The predicted octanol–water partition coefficient (Wildman–Crippen LogP) is 1.53. The molecule has 6 nitrogen and oxygen atoms in total. The summed E-state index contributed by atoms with van der Waals surface area (Å²) in [7, 11) is 3.44. The maximum Gasteiger partial charge on any atom is 0.253 e. The summed E-state index contributed by atoms with van der Waals surface area (Å²) >= 11 is 0. The zero-order valence-corrected chi connectivity index (χ0v) is 13.3. The second-order valence-corrected chi connectivity index (χ2v) is 6.01. The number of hydrogen-bond acceptors (Lipinski definition) is 3. The number of nitrogens with zero attached hydrogens (tertiary/aromatic N) is 1. The van der Waals surface area contributed by atoms with E-state index in [2.05, 4.69) is 10.3 Å². The van der Waals surface area contributed by atoms with E-state index in [0.717, 1.165) is 17.3 Å². The van der Waals surface area contributed by atoms with E-state index >= 15 is 0 Å². The molecule has 2 N–H and O–H groups in total. The molecule has 2 heterocycles. The summed E-state index contributed by atoms with van der Waals surface area (Å²) in [5.41, 5.74) is 1.45. The number of aromatic amines is 1. The summed E-state index contributed by atoms with van der Waals surface area (Å²) < 4.78 is 5.73.